The third-order valence-corrected chi connectivity index (χ3v) is 6.85. The molecule has 0 aromatic heterocycles. The number of rotatable bonds is 8. The molecule has 180 valence electrons. The van der Waals surface area contributed by atoms with E-state index in [1.807, 2.05) is 56.3 Å². The number of amides is 1. The molecule has 1 unspecified atom stereocenters. The third kappa shape index (κ3) is 4.55. The van der Waals surface area contributed by atoms with Gasteiger partial charge in [-0.05, 0) is 60.9 Å². The number of carbonyl (C=O) groups is 1. The van der Waals surface area contributed by atoms with Crippen molar-refractivity contribution in [3.05, 3.63) is 123 Å². The van der Waals surface area contributed by atoms with Crippen LogP contribution in [-0.4, -0.2) is 29.1 Å². The van der Waals surface area contributed by atoms with E-state index >= 15 is 0 Å². The molecule has 0 saturated heterocycles. The zero-order valence-corrected chi connectivity index (χ0v) is 21.2. The van der Waals surface area contributed by atoms with Crippen molar-refractivity contribution in [2.45, 2.75) is 25.6 Å². The van der Waals surface area contributed by atoms with E-state index in [0.29, 0.717) is 26.7 Å². The Balaban J connectivity index is 1.99. The molecule has 0 aliphatic carbocycles. The zero-order valence-electron chi connectivity index (χ0n) is 19.7. The smallest absolute Gasteiger partial charge is 0.257 e. The summed E-state index contributed by atoms with van der Waals surface area (Å²) in [5.74, 6) is -0.171. The number of ether oxygens (including phenoxy) is 1. The molecule has 4 nitrogen and oxygen atoms in total. The van der Waals surface area contributed by atoms with E-state index in [1.54, 1.807) is 29.2 Å². The number of halogens is 2. The van der Waals surface area contributed by atoms with Crippen LogP contribution in [0.4, 0.5) is 0 Å². The molecule has 3 aromatic rings. The molecular formula is C29H27Cl2NO3. The summed E-state index contributed by atoms with van der Waals surface area (Å²) >= 11 is 12.3. The van der Waals surface area contributed by atoms with Crippen LogP contribution in [0.2, 0.25) is 10.0 Å². The van der Waals surface area contributed by atoms with Gasteiger partial charge in [0.15, 0.2) is 5.72 Å². The van der Waals surface area contributed by atoms with Gasteiger partial charge in [-0.15, -0.1) is 0 Å². The van der Waals surface area contributed by atoms with Gasteiger partial charge in [0.25, 0.3) is 5.91 Å². The van der Waals surface area contributed by atoms with Crippen LogP contribution in [0.15, 0.2) is 85.5 Å². The van der Waals surface area contributed by atoms with Crippen molar-refractivity contribution in [2.75, 3.05) is 13.2 Å². The summed E-state index contributed by atoms with van der Waals surface area (Å²) in [4.78, 5) is 15.9. The second-order valence-corrected chi connectivity index (χ2v) is 9.66. The molecule has 0 bridgehead atoms. The van der Waals surface area contributed by atoms with Gasteiger partial charge in [0.1, 0.15) is 0 Å². The Morgan fingerprint density at radius 2 is 1.63 bits per heavy atom. The van der Waals surface area contributed by atoms with Crippen molar-refractivity contribution in [1.29, 1.82) is 0 Å². The van der Waals surface area contributed by atoms with Crippen molar-refractivity contribution in [3.8, 4) is 0 Å². The van der Waals surface area contributed by atoms with E-state index in [2.05, 4.69) is 13.2 Å². The highest BCUT2D eigenvalue weighted by Gasteiger charge is 2.54. The van der Waals surface area contributed by atoms with Gasteiger partial charge in [-0.25, -0.2) is 0 Å². The number of nitrogens with zero attached hydrogens (tertiary/aromatic N) is 1. The van der Waals surface area contributed by atoms with Crippen LogP contribution in [0, 0.1) is 0 Å². The Kier molecular flexibility index (Phi) is 7.20. The quantitative estimate of drug-likeness (QED) is 0.333. The highest BCUT2D eigenvalue weighted by molar-refractivity contribution is 6.30. The lowest BCUT2D eigenvalue weighted by molar-refractivity contribution is -0.114. The van der Waals surface area contributed by atoms with Crippen molar-refractivity contribution in [3.63, 3.8) is 0 Å². The molecule has 0 saturated carbocycles. The van der Waals surface area contributed by atoms with Gasteiger partial charge >= 0.3 is 0 Å². The van der Waals surface area contributed by atoms with Gasteiger partial charge < -0.3 is 9.84 Å². The van der Waals surface area contributed by atoms with Gasteiger partial charge in [0.2, 0.25) is 0 Å². The summed E-state index contributed by atoms with van der Waals surface area (Å²) in [6, 6.07) is 20.0. The van der Waals surface area contributed by atoms with Crippen LogP contribution in [0.1, 0.15) is 52.5 Å². The Hall–Kier alpha value is -2.89. The average molecular weight is 508 g/mol. The number of aliphatic hydroxyl groups excluding tert-OH is 1. The van der Waals surface area contributed by atoms with Crippen LogP contribution < -0.4 is 0 Å². The van der Waals surface area contributed by atoms with Crippen molar-refractivity contribution < 1.29 is 14.6 Å². The predicted molar refractivity (Wildman–Crippen MR) is 142 cm³/mol. The first-order chi connectivity index (χ1) is 16.7. The molecule has 1 heterocycles. The molecule has 1 amide bonds. The molecule has 1 N–H and O–H groups in total. The molecule has 1 aliphatic heterocycles. The number of hydrogen-bond donors (Lipinski definition) is 1. The molecule has 2 atom stereocenters. The normalized spacial score (nSPS) is 17.9. The lowest BCUT2D eigenvalue weighted by atomic mass is 9.90. The van der Waals surface area contributed by atoms with Gasteiger partial charge in [0, 0.05) is 26.7 Å². The highest BCUT2D eigenvalue weighted by Crippen LogP contribution is 2.50. The predicted octanol–water partition coefficient (Wildman–Crippen LogP) is 7.01. The largest absolute Gasteiger partial charge is 0.392 e. The monoisotopic (exact) mass is 507 g/mol. The highest BCUT2D eigenvalue weighted by atomic mass is 35.5. The molecule has 35 heavy (non-hydrogen) atoms. The molecule has 0 spiro atoms. The number of hydrogen-bond acceptors (Lipinski definition) is 3. The number of fused-ring (bicyclic) bond motifs is 1. The summed E-state index contributed by atoms with van der Waals surface area (Å²) in [7, 11) is 0. The first-order valence-electron chi connectivity index (χ1n) is 11.3. The van der Waals surface area contributed by atoms with E-state index < -0.39 is 5.72 Å². The molecule has 1 aliphatic rings. The lowest BCUT2D eigenvalue weighted by Gasteiger charge is -2.43. The molecular weight excluding hydrogens is 481 g/mol. The minimum atomic E-state index is -1.28. The van der Waals surface area contributed by atoms with Crippen LogP contribution in [0.5, 0.6) is 0 Å². The topological polar surface area (TPSA) is 49.8 Å². The Labute approximate surface area is 216 Å². The average Bonchev–Trinajstić information content (AvgIpc) is 3.11. The summed E-state index contributed by atoms with van der Waals surface area (Å²) < 4.78 is 6.60. The van der Waals surface area contributed by atoms with Gasteiger partial charge in [-0.1, -0.05) is 78.3 Å². The van der Waals surface area contributed by atoms with E-state index in [9.17, 15) is 9.90 Å². The minimum absolute atomic E-state index is 0.0535. The second-order valence-electron chi connectivity index (χ2n) is 8.79. The third-order valence-electron chi connectivity index (χ3n) is 6.35. The Morgan fingerprint density at radius 3 is 2.20 bits per heavy atom. The fraction of sp³-hybridized carbons (Fsp3) is 0.207. The SMILES string of the molecule is C=C(CO)CO[C@@]1(c2ccc(Cl)cc2)c2ccc(C(=C)C)cc2C(=O)N1C(C)c1ccc(Cl)cc1. The van der Waals surface area contributed by atoms with Crippen molar-refractivity contribution in [1.82, 2.24) is 4.90 Å². The minimum Gasteiger partial charge on any atom is -0.392 e. The standard InChI is InChI=1S/C29H27Cl2NO3/c1-18(2)22-7-14-27-26(15-22)28(34)32(20(4)21-5-10-24(30)11-6-21)29(27,35-17-19(3)16-33)23-8-12-25(31)13-9-23/h5-15,20,33H,1,3,16-17H2,2,4H3/t20?,29-/m0/s1. The summed E-state index contributed by atoms with van der Waals surface area (Å²) in [6.07, 6.45) is 0. The Morgan fingerprint density at radius 1 is 1.03 bits per heavy atom. The summed E-state index contributed by atoms with van der Waals surface area (Å²) in [5, 5.41) is 10.8. The molecule has 3 aromatic carbocycles. The lowest BCUT2D eigenvalue weighted by Crippen LogP contribution is -2.48. The van der Waals surface area contributed by atoms with Gasteiger partial charge in [0.05, 0.1) is 19.3 Å². The van der Waals surface area contributed by atoms with Crippen molar-refractivity contribution in [2.24, 2.45) is 0 Å². The molecule has 0 radical (unpaired) electrons. The number of allylic oxidation sites excluding steroid dienone is 1. The maximum atomic E-state index is 14.1. The fourth-order valence-electron chi connectivity index (χ4n) is 4.48. The molecule has 4 rings (SSSR count). The summed E-state index contributed by atoms with van der Waals surface area (Å²) in [6.45, 7) is 11.6. The maximum Gasteiger partial charge on any atom is 0.257 e. The number of benzene rings is 3. The molecule has 6 heteroatoms. The van der Waals surface area contributed by atoms with Crippen LogP contribution in [0.3, 0.4) is 0 Å². The number of carbonyl (C=O) groups excluding carboxylic acids is 1. The second kappa shape index (κ2) is 10.00. The first-order valence-corrected chi connectivity index (χ1v) is 12.0. The van der Waals surface area contributed by atoms with Crippen molar-refractivity contribution >= 4 is 34.7 Å². The number of aliphatic hydroxyl groups is 1. The zero-order chi connectivity index (χ0) is 25.3. The van der Waals surface area contributed by atoms with E-state index in [1.165, 1.54) is 0 Å². The van der Waals surface area contributed by atoms with Crippen LogP contribution >= 0.6 is 23.2 Å². The Bertz CT molecular complexity index is 1280. The van der Waals surface area contributed by atoms with Gasteiger partial charge in [-0.3, -0.25) is 9.69 Å². The van der Waals surface area contributed by atoms with Crippen LogP contribution in [-0.2, 0) is 10.5 Å². The molecule has 0 fully saturated rings. The maximum absolute atomic E-state index is 14.1. The van der Waals surface area contributed by atoms with E-state index in [-0.39, 0.29) is 25.2 Å². The van der Waals surface area contributed by atoms with Gasteiger partial charge in [-0.2, -0.15) is 0 Å². The van der Waals surface area contributed by atoms with E-state index in [0.717, 1.165) is 22.3 Å². The van der Waals surface area contributed by atoms with Crippen LogP contribution in [0.25, 0.3) is 5.57 Å². The fourth-order valence-corrected chi connectivity index (χ4v) is 4.73. The van der Waals surface area contributed by atoms with E-state index in [4.69, 9.17) is 27.9 Å². The summed E-state index contributed by atoms with van der Waals surface area (Å²) in [5.41, 5.74) is 3.85. The first kappa shape index (κ1) is 25.2.